The fourth-order valence-corrected chi connectivity index (χ4v) is 1.07. The van der Waals surface area contributed by atoms with Crippen LogP contribution in [0.3, 0.4) is 0 Å². The van der Waals surface area contributed by atoms with Gasteiger partial charge in [-0.3, -0.25) is 0 Å². The second-order valence-electron chi connectivity index (χ2n) is 6.06. The predicted octanol–water partition coefficient (Wildman–Crippen LogP) is 4.30. The predicted molar refractivity (Wildman–Crippen MR) is 58.9 cm³/mol. The summed E-state index contributed by atoms with van der Waals surface area (Å²) < 4.78 is 0. The quantitative estimate of drug-likeness (QED) is 0.602. The molecule has 0 aliphatic heterocycles. The number of aliphatic hydroxyl groups excluding tert-OH is 1. The Bertz CT molecular complexity index is 198. The van der Waals surface area contributed by atoms with E-state index in [0.29, 0.717) is 5.76 Å². The van der Waals surface area contributed by atoms with Gasteiger partial charge in [-0.2, -0.15) is 0 Å². The maximum absolute atomic E-state index is 9.87. The minimum atomic E-state index is 0.0787. The minimum absolute atomic E-state index is 0.0787. The molecular formula is C12H24O. The van der Waals surface area contributed by atoms with Gasteiger partial charge in [-0.15, -0.1) is 0 Å². The van der Waals surface area contributed by atoms with Gasteiger partial charge in [-0.05, 0) is 23.3 Å². The smallest absolute Gasteiger partial charge is 0.0922 e. The summed E-state index contributed by atoms with van der Waals surface area (Å²) in [6.45, 7) is 14.8. The van der Waals surface area contributed by atoms with Gasteiger partial charge in [-0.25, -0.2) is 0 Å². The Hall–Kier alpha value is -0.460. The summed E-state index contributed by atoms with van der Waals surface area (Å²) in [7, 11) is 0. The minimum Gasteiger partial charge on any atom is -0.512 e. The van der Waals surface area contributed by atoms with E-state index in [1.807, 2.05) is 6.92 Å². The van der Waals surface area contributed by atoms with Crippen LogP contribution >= 0.6 is 0 Å². The van der Waals surface area contributed by atoms with Crippen LogP contribution in [0.15, 0.2) is 11.3 Å². The van der Waals surface area contributed by atoms with Crippen molar-refractivity contribution in [1.82, 2.24) is 0 Å². The van der Waals surface area contributed by atoms with E-state index in [-0.39, 0.29) is 10.8 Å². The Morgan fingerprint density at radius 3 is 1.62 bits per heavy atom. The van der Waals surface area contributed by atoms with E-state index in [1.54, 1.807) is 0 Å². The van der Waals surface area contributed by atoms with Crippen molar-refractivity contribution < 1.29 is 5.11 Å². The Morgan fingerprint density at radius 1 is 1.00 bits per heavy atom. The lowest BCUT2D eigenvalue weighted by Gasteiger charge is -2.24. The fraction of sp³-hybridized carbons (Fsp3) is 0.833. The molecule has 78 valence electrons. The molecule has 0 rings (SSSR count). The van der Waals surface area contributed by atoms with Gasteiger partial charge in [0.15, 0.2) is 0 Å². The van der Waals surface area contributed by atoms with Crippen LogP contribution in [0.1, 0.15) is 54.9 Å². The molecule has 1 heteroatoms. The van der Waals surface area contributed by atoms with Crippen LogP contribution in [0, 0.1) is 10.8 Å². The van der Waals surface area contributed by atoms with E-state index < -0.39 is 0 Å². The highest BCUT2D eigenvalue weighted by Crippen LogP contribution is 2.31. The lowest BCUT2D eigenvalue weighted by molar-refractivity contribution is 0.287. The molecule has 0 saturated carbocycles. The third kappa shape index (κ3) is 4.97. The summed E-state index contributed by atoms with van der Waals surface area (Å²) in [5.41, 5.74) is 1.34. The zero-order valence-corrected chi connectivity index (χ0v) is 10.2. The van der Waals surface area contributed by atoms with Gasteiger partial charge in [0.1, 0.15) is 0 Å². The van der Waals surface area contributed by atoms with Gasteiger partial charge < -0.3 is 5.11 Å². The van der Waals surface area contributed by atoms with Crippen LogP contribution in [-0.4, -0.2) is 5.11 Å². The lowest BCUT2D eigenvalue weighted by Crippen LogP contribution is -2.13. The van der Waals surface area contributed by atoms with E-state index in [2.05, 4.69) is 41.5 Å². The molecule has 13 heavy (non-hydrogen) atoms. The van der Waals surface area contributed by atoms with Gasteiger partial charge in [-0.1, -0.05) is 41.5 Å². The Balaban J connectivity index is 4.65. The second kappa shape index (κ2) is 3.73. The molecule has 0 heterocycles. The first kappa shape index (κ1) is 12.5. The Morgan fingerprint density at radius 2 is 1.38 bits per heavy atom. The third-order valence-electron chi connectivity index (χ3n) is 2.26. The van der Waals surface area contributed by atoms with Gasteiger partial charge in [0, 0.05) is 6.42 Å². The zero-order valence-electron chi connectivity index (χ0n) is 10.2. The first-order valence-electron chi connectivity index (χ1n) is 4.93. The van der Waals surface area contributed by atoms with Gasteiger partial charge in [0.25, 0.3) is 0 Å². The van der Waals surface area contributed by atoms with Crippen LogP contribution in [-0.2, 0) is 0 Å². The van der Waals surface area contributed by atoms with E-state index in [9.17, 15) is 5.11 Å². The molecule has 0 aromatic heterocycles. The standard InChI is InChI=1S/C12H24O/c1-9(12(5,6)7)10(13)8-11(2,3)4/h13H,8H2,1-7H3/b10-9-. The SMILES string of the molecule is C/C(=C(/O)CC(C)(C)C)C(C)(C)C. The average molecular weight is 184 g/mol. The van der Waals surface area contributed by atoms with Gasteiger partial charge in [0.05, 0.1) is 5.76 Å². The van der Waals surface area contributed by atoms with Crippen molar-refractivity contribution in [3.05, 3.63) is 11.3 Å². The van der Waals surface area contributed by atoms with E-state index in [4.69, 9.17) is 0 Å². The molecular weight excluding hydrogens is 160 g/mol. The van der Waals surface area contributed by atoms with E-state index in [1.165, 1.54) is 0 Å². The molecule has 0 aromatic carbocycles. The Kier molecular flexibility index (Phi) is 3.60. The van der Waals surface area contributed by atoms with Gasteiger partial charge in [0.2, 0.25) is 0 Å². The monoisotopic (exact) mass is 184 g/mol. The largest absolute Gasteiger partial charge is 0.512 e. The van der Waals surface area contributed by atoms with Crippen molar-refractivity contribution in [2.75, 3.05) is 0 Å². The molecule has 0 unspecified atom stereocenters. The molecule has 0 saturated heterocycles. The van der Waals surface area contributed by atoms with Crippen molar-refractivity contribution in [3.63, 3.8) is 0 Å². The van der Waals surface area contributed by atoms with Crippen molar-refractivity contribution in [2.45, 2.75) is 54.9 Å². The van der Waals surface area contributed by atoms with Crippen molar-refractivity contribution in [1.29, 1.82) is 0 Å². The molecule has 1 N–H and O–H groups in total. The average Bonchev–Trinajstić information content (AvgIpc) is 1.79. The maximum atomic E-state index is 9.87. The highest BCUT2D eigenvalue weighted by atomic mass is 16.3. The van der Waals surface area contributed by atoms with Crippen molar-refractivity contribution >= 4 is 0 Å². The number of allylic oxidation sites excluding steroid dienone is 2. The number of hydrogen-bond donors (Lipinski definition) is 1. The number of hydrogen-bond acceptors (Lipinski definition) is 1. The van der Waals surface area contributed by atoms with Crippen molar-refractivity contribution in [3.8, 4) is 0 Å². The van der Waals surface area contributed by atoms with Crippen LogP contribution < -0.4 is 0 Å². The summed E-state index contributed by atoms with van der Waals surface area (Å²) >= 11 is 0. The summed E-state index contributed by atoms with van der Waals surface area (Å²) in [5.74, 6) is 0.556. The first-order valence-corrected chi connectivity index (χ1v) is 4.93. The van der Waals surface area contributed by atoms with Crippen LogP contribution in [0.5, 0.6) is 0 Å². The van der Waals surface area contributed by atoms with Crippen LogP contribution in [0.25, 0.3) is 0 Å². The van der Waals surface area contributed by atoms with E-state index in [0.717, 1.165) is 12.0 Å². The molecule has 0 atom stereocenters. The molecule has 0 amide bonds. The second-order valence-corrected chi connectivity index (χ2v) is 6.06. The van der Waals surface area contributed by atoms with Crippen LogP contribution in [0.2, 0.25) is 0 Å². The fourth-order valence-electron chi connectivity index (χ4n) is 1.07. The molecule has 0 radical (unpaired) electrons. The highest BCUT2D eigenvalue weighted by molar-refractivity contribution is 5.13. The normalized spacial score (nSPS) is 15.6. The maximum Gasteiger partial charge on any atom is 0.0922 e. The van der Waals surface area contributed by atoms with Crippen molar-refractivity contribution in [2.24, 2.45) is 10.8 Å². The third-order valence-corrected chi connectivity index (χ3v) is 2.26. The zero-order chi connectivity index (χ0) is 10.9. The lowest BCUT2D eigenvalue weighted by atomic mass is 9.82. The topological polar surface area (TPSA) is 20.2 Å². The molecule has 1 nitrogen and oxygen atoms in total. The summed E-state index contributed by atoms with van der Waals surface area (Å²) in [6.07, 6.45) is 0.760. The molecule has 0 aliphatic carbocycles. The van der Waals surface area contributed by atoms with E-state index >= 15 is 0 Å². The summed E-state index contributed by atoms with van der Waals surface area (Å²) in [5, 5.41) is 9.87. The molecule has 0 bridgehead atoms. The number of rotatable bonds is 1. The number of aliphatic hydroxyl groups is 1. The molecule has 0 aliphatic rings. The molecule has 0 aromatic rings. The van der Waals surface area contributed by atoms with Crippen LogP contribution in [0.4, 0.5) is 0 Å². The Labute approximate surface area is 82.9 Å². The summed E-state index contributed by atoms with van der Waals surface area (Å²) in [6, 6.07) is 0. The first-order chi connectivity index (χ1) is 5.54. The molecule has 0 spiro atoms. The van der Waals surface area contributed by atoms with Gasteiger partial charge >= 0.3 is 0 Å². The highest BCUT2D eigenvalue weighted by Gasteiger charge is 2.20. The summed E-state index contributed by atoms with van der Waals surface area (Å²) in [4.78, 5) is 0. The molecule has 0 fully saturated rings.